The van der Waals surface area contributed by atoms with Gasteiger partial charge < -0.3 is 35.3 Å². The van der Waals surface area contributed by atoms with Crippen molar-refractivity contribution in [3.63, 3.8) is 0 Å². The van der Waals surface area contributed by atoms with Crippen LogP contribution in [0.15, 0.2) is 54.6 Å². The highest BCUT2D eigenvalue weighted by atomic mass is 16.5. The van der Waals surface area contributed by atoms with Gasteiger partial charge in [-0.2, -0.15) is 0 Å². The zero-order valence-corrected chi connectivity index (χ0v) is 23.9. The van der Waals surface area contributed by atoms with Crippen LogP contribution in [0.1, 0.15) is 37.8 Å². The molecule has 0 radical (unpaired) electrons. The lowest BCUT2D eigenvalue weighted by Crippen LogP contribution is -2.54. The maximum atomic E-state index is 13.3. The molecule has 2 atom stereocenters. The molecule has 0 aliphatic rings. The Balaban J connectivity index is 2.06. The number of phenolic OH excluding ortho intramolecular Hbond substituents is 1. The Morgan fingerprint density at radius 1 is 0.929 bits per heavy atom. The lowest BCUT2D eigenvalue weighted by Gasteiger charge is -2.22. The molecule has 2 unspecified atom stereocenters. The quantitative estimate of drug-likeness (QED) is 0.170. The summed E-state index contributed by atoms with van der Waals surface area (Å²) in [5.74, 6) is -2.92. The van der Waals surface area contributed by atoms with Crippen LogP contribution >= 0.6 is 0 Å². The second-order valence-corrected chi connectivity index (χ2v) is 8.95. The van der Waals surface area contributed by atoms with Gasteiger partial charge in [-0.1, -0.05) is 36.4 Å². The molecule has 0 spiro atoms. The van der Waals surface area contributed by atoms with Crippen molar-refractivity contribution in [3.05, 3.63) is 65.7 Å². The van der Waals surface area contributed by atoms with E-state index in [0.717, 1.165) is 5.56 Å². The summed E-state index contributed by atoms with van der Waals surface area (Å²) in [5, 5.41) is 17.3. The first kappa shape index (κ1) is 33.3. The molecule has 226 valence electrons. The van der Waals surface area contributed by atoms with Gasteiger partial charge in [-0.05, 0) is 49.6 Å². The summed E-state index contributed by atoms with van der Waals surface area (Å²) in [4.78, 5) is 62.6. The Hall–Kier alpha value is -4.87. The van der Waals surface area contributed by atoms with Crippen molar-refractivity contribution in [1.82, 2.24) is 16.0 Å². The third kappa shape index (κ3) is 11.7. The molecular formula is C30H37N3O9. The molecule has 2 rings (SSSR count). The minimum absolute atomic E-state index is 0.0440. The molecule has 0 saturated heterocycles. The number of ether oxygens (including phenoxy) is 3. The van der Waals surface area contributed by atoms with Crippen LogP contribution in [-0.2, 0) is 39.9 Å². The van der Waals surface area contributed by atoms with Crippen LogP contribution in [0.25, 0.3) is 6.08 Å². The molecule has 42 heavy (non-hydrogen) atoms. The monoisotopic (exact) mass is 583 g/mol. The van der Waals surface area contributed by atoms with Crippen molar-refractivity contribution in [2.75, 3.05) is 26.9 Å². The largest absolute Gasteiger partial charge is 0.504 e. The van der Waals surface area contributed by atoms with Crippen molar-refractivity contribution in [3.8, 4) is 11.5 Å². The Labute approximate surface area is 244 Å². The second-order valence-electron chi connectivity index (χ2n) is 8.95. The van der Waals surface area contributed by atoms with E-state index in [2.05, 4.69) is 16.0 Å². The lowest BCUT2D eigenvalue weighted by atomic mass is 10.0. The van der Waals surface area contributed by atoms with Crippen LogP contribution in [0, 0.1) is 0 Å². The van der Waals surface area contributed by atoms with Crippen LogP contribution < -0.4 is 20.7 Å². The molecule has 12 heteroatoms. The van der Waals surface area contributed by atoms with Crippen LogP contribution in [0.5, 0.6) is 11.5 Å². The number of nitrogens with one attached hydrogen (secondary N) is 3. The number of aromatic hydroxyl groups is 1. The molecule has 2 aromatic rings. The van der Waals surface area contributed by atoms with Gasteiger partial charge in [-0.25, -0.2) is 4.79 Å². The van der Waals surface area contributed by atoms with Crippen LogP contribution in [0.4, 0.5) is 0 Å². The number of amides is 3. The number of esters is 2. The average Bonchev–Trinajstić information content (AvgIpc) is 2.98. The SMILES string of the molecule is CCOC(=O)CCC(NC(=O)C(Cc1ccccc1)NC(=O)CNC(=O)/C=C/c1ccc(O)c(OC)c1)C(=O)OCC. The molecule has 0 fully saturated rings. The van der Waals surface area contributed by atoms with E-state index in [9.17, 15) is 29.1 Å². The Morgan fingerprint density at radius 3 is 2.31 bits per heavy atom. The summed E-state index contributed by atoms with van der Waals surface area (Å²) in [6.07, 6.45) is 2.62. The number of phenols is 1. The van der Waals surface area contributed by atoms with Crippen LogP contribution in [0.3, 0.4) is 0 Å². The summed E-state index contributed by atoms with van der Waals surface area (Å²) < 4.78 is 15.0. The predicted octanol–water partition coefficient (Wildman–Crippen LogP) is 1.65. The van der Waals surface area contributed by atoms with Gasteiger partial charge in [0.1, 0.15) is 12.1 Å². The minimum atomic E-state index is -1.14. The molecule has 3 amide bonds. The van der Waals surface area contributed by atoms with Gasteiger partial charge in [0.2, 0.25) is 17.7 Å². The normalized spacial score (nSPS) is 12.1. The van der Waals surface area contributed by atoms with E-state index in [1.54, 1.807) is 50.2 Å². The number of rotatable bonds is 16. The number of carbonyl (C=O) groups is 5. The smallest absolute Gasteiger partial charge is 0.328 e. The second kappa shape index (κ2) is 17.7. The van der Waals surface area contributed by atoms with Crippen LogP contribution in [-0.4, -0.2) is 73.7 Å². The first-order valence-corrected chi connectivity index (χ1v) is 13.5. The molecule has 12 nitrogen and oxygen atoms in total. The maximum Gasteiger partial charge on any atom is 0.328 e. The summed E-state index contributed by atoms with van der Waals surface area (Å²) in [6, 6.07) is 11.2. The fourth-order valence-electron chi connectivity index (χ4n) is 3.76. The Morgan fingerprint density at radius 2 is 1.64 bits per heavy atom. The van der Waals surface area contributed by atoms with E-state index in [1.165, 1.54) is 31.4 Å². The van der Waals surface area contributed by atoms with Gasteiger partial charge in [-0.3, -0.25) is 19.2 Å². The van der Waals surface area contributed by atoms with Crippen molar-refractivity contribution in [1.29, 1.82) is 0 Å². The van der Waals surface area contributed by atoms with Crippen molar-refractivity contribution < 1.29 is 43.3 Å². The summed E-state index contributed by atoms with van der Waals surface area (Å²) in [5.41, 5.74) is 1.33. The van der Waals surface area contributed by atoms with Gasteiger partial charge >= 0.3 is 11.9 Å². The molecule has 0 bridgehead atoms. The fraction of sp³-hybridized carbons (Fsp3) is 0.367. The number of methoxy groups -OCH3 is 1. The number of benzene rings is 2. The highest BCUT2D eigenvalue weighted by Gasteiger charge is 2.28. The van der Waals surface area contributed by atoms with E-state index in [-0.39, 0.29) is 44.0 Å². The first-order chi connectivity index (χ1) is 20.2. The molecular weight excluding hydrogens is 546 g/mol. The minimum Gasteiger partial charge on any atom is -0.504 e. The van der Waals surface area contributed by atoms with E-state index in [0.29, 0.717) is 5.56 Å². The van der Waals surface area contributed by atoms with Gasteiger partial charge in [0.15, 0.2) is 11.5 Å². The summed E-state index contributed by atoms with van der Waals surface area (Å²) in [6.45, 7) is 3.10. The summed E-state index contributed by atoms with van der Waals surface area (Å²) >= 11 is 0. The Kier molecular flexibility index (Phi) is 14.1. The zero-order chi connectivity index (χ0) is 30.9. The number of carbonyl (C=O) groups excluding carboxylic acids is 5. The van der Waals surface area contributed by atoms with Crippen molar-refractivity contribution in [2.45, 2.75) is 45.2 Å². The molecule has 4 N–H and O–H groups in total. The standard InChI is InChI=1S/C30H37N3O9/c1-4-41-28(37)16-13-22(30(39)42-5-2)33-29(38)23(17-20-9-7-6-8-10-20)32-27(36)19-31-26(35)15-12-21-11-14-24(34)25(18-21)40-3/h6-12,14-15,18,22-23,34H,4-5,13,16-17,19H2,1-3H3,(H,31,35)(H,32,36)(H,33,38)/b15-12+. The molecule has 0 aliphatic carbocycles. The number of hydrogen-bond donors (Lipinski definition) is 4. The van der Waals surface area contributed by atoms with Crippen LogP contribution in [0.2, 0.25) is 0 Å². The first-order valence-electron chi connectivity index (χ1n) is 13.5. The average molecular weight is 584 g/mol. The third-order valence-corrected chi connectivity index (χ3v) is 5.82. The molecule has 0 heterocycles. The number of hydrogen-bond acceptors (Lipinski definition) is 9. The van der Waals surface area contributed by atoms with Crippen molar-refractivity contribution >= 4 is 35.7 Å². The molecule has 2 aromatic carbocycles. The summed E-state index contributed by atoms with van der Waals surface area (Å²) in [7, 11) is 1.40. The maximum absolute atomic E-state index is 13.3. The topological polar surface area (TPSA) is 169 Å². The van der Waals surface area contributed by atoms with Gasteiger partial charge in [0.05, 0.1) is 26.9 Å². The highest BCUT2D eigenvalue weighted by Crippen LogP contribution is 2.26. The van der Waals surface area contributed by atoms with E-state index in [1.807, 2.05) is 0 Å². The molecule has 0 saturated carbocycles. The molecule has 0 aromatic heterocycles. The third-order valence-electron chi connectivity index (χ3n) is 5.82. The van der Waals surface area contributed by atoms with E-state index >= 15 is 0 Å². The van der Waals surface area contributed by atoms with Gasteiger partial charge in [0.25, 0.3) is 0 Å². The van der Waals surface area contributed by atoms with E-state index < -0.39 is 48.3 Å². The van der Waals surface area contributed by atoms with Crippen molar-refractivity contribution in [2.24, 2.45) is 0 Å². The highest BCUT2D eigenvalue weighted by molar-refractivity contribution is 5.96. The zero-order valence-electron chi connectivity index (χ0n) is 23.9. The lowest BCUT2D eigenvalue weighted by molar-refractivity contribution is -0.149. The molecule has 0 aliphatic heterocycles. The fourth-order valence-corrected chi connectivity index (χ4v) is 3.76. The van der Waals surface area contributed by atoms with Gasteiger partial charge in [0, 0.05) is 18.9 Å². The Bertz CT molecular complexity index is 1250. The van der Waals surface area contributed by atoms with E-state index in [4.69, 9.17) is 14.2 Å². The predicted molar refractivity (Wildman–Crippen MR) is 153 cm³/mol. The van der Waals surface area contributed by atoms with Gasteiger partial charge in [-0.15, -0.1) is 0 Å².